The van der Waals surface area contributed by atoms with E-state index in [9.17, 15) is 9.59 Å². The van der Waals surface area contributed by atoms with Crippen LogP contribution >= 0.6 is 15.9 Å². The molecule has 0 unspecified atom stereocenters. The van der Waals surface area contributed by atoms with Crippen LogP contribution in [-0.2, 0) is 16.9 Å². The third-order valence-electron chi connectivity index (χ3n) is 4.11. The maximum atomic E-state index is 12.9. The number of hydrogen-bond acceptors (Lipinski definition) is 3. The lowest BCUT2D eigenvalue weighted by Gasteiger charge is -2.23. The van der Waals surface area contributed by atoms with E-state index in [1.54, 1.807) is 31.2 Å². The lowest BCUT2D eigenvalue weighted by atomic mass is 9.92. The van der Waals surface area contributed by atoms with Gasteiger partial charge in [-0.1, -0.05) is 46.3 Å². The van der Waals surface area contributed by atoms with Crippen LogP contribution in [0.3, 0.4) is 0 Å². The number of urea groups is 1. The summed E-state index contributed by atoms with van der Waals surface area (Å²) in [5.41, 5.74) is 0.928. The van der Waals surface area contributed by atoms with Crippen molar-refractivity contribution in [1.82, 2.24) is 10.2 Å². The second-order valence-electron chi connectivity index (χ2n) is 5.74. The predicted octanol–water partition coefficient (Wildman–Crippen LogP) is 3.29. The van der Waals surface area contributed by atoms with Crippen LogP contribution < -0.4 is 5.32 Å². The van der Waals surface area contributed by atoms with Gasteiger partial charge in [0, 0.05) is 10.0 Å². The third kappa shape index (κ3) is 2.68. The summed E-state index contributed by atoms with van der Waals surface area (Å²) in [6.45, 7) is 1.86. The van der Waals surface area contributed by atoms with E-state index in [1.165, 1.54) is 4.90 Å². The first-order valence-corrected chi connectivity index (χ1v) is 8.13. The molecular formula is C18H14BrN3O2. The Hall–Kier alpha value is -2.65. The van der Waals surface area contributed by atoms with Gasteiger partial charge in [0.25, 0.3) is 5.91 Å². The summed E-state index contributed by atoms with van der Waals surface area (Å²) in [4.78, 5) is 26.4. The Morgan fingerprint density at radius 2 is 1.83 bits per heavy atom. The normalized spacial score (nSPS) is 20.0. The molecule has 2 aromatic rings. The number of carbonyl (C=O) groups is 2. The molecule has 24 heavy (non-hydrogen) atoms. The minimum atomic E-state index is -1.11. The number of nitrogens with one attached hydrogen (secondary N) is 1. The molecule has 0 saturated carbocycles. The third-order valence-corrected chi connectivity index (χ3v) is 4.80. The molecule has 0 spiro atoms. The Morgan fingerprint density at radius 1 is 1.17 bits per heavy atom. The molecule has 1 saturated heterocycles. The van der Waals surface area contributed by atoms with Crippen LogP contribution in [-0.4, -0.2) is 16.8 Å². The average Bonchev–Trinajstić information content (AvgIpc) is 2.80. The molecule has 1 N–H and O–H groups in total. The van der Waals surface area contributed by atoms with Gasteiger partial charge in [-0.05, 0) is 30.7 Å². The van der Waals surface area contributed by atoms with Crippen LogP contribution in [0.15, 0.2) is 53.0 Å². The highest BCUT2D eigenvalue weighted by Crippen LogP contribution is 2.34. The average molecular weight is 384 g/mol. The lowest BCUT2D eigenvalue weighted by Crippen LogP contribution is -2.41. The lowest BCUT2D eigenvalue weighted by molar-refractivity contribution is -0.131. The van der Waals surface area contributed by atoms with Crippen molar-refractivity contribution in [2.24, 2.45) is 0 Å². The Labute approximate surface area is 148 Å². The van der Waals surface area contributed by atoms with E-state index >= 15 is 0 Å². The van der Waals surface area contributed by atoms with Gasteiger partial charge in [0.2, 0.25) is 0 Å². The van der Waals surface area contributed by atoms with E-state index in [0.717, 1.165) is 10.0 Å². The summed E-state index contributed by atoms with van der Waals surface area (Å²) in [6, 6.07) is 15.8. The fourth-order valence-corrected chi connectivity index (χ4v) is 3.44. The second kappa shape index (κ2) is 6.10. The Bertz CT molecular complexity index is 857. The van der Waals surface area contributed by atoms with E-state index < -0.39 is 11.6 Å². The maximum absolute atomic E-state index is 12.9. The number of nitriles is 1. The van der Waals surface area contributed by atoms with Crippen LogP contribution in [0.4, 0.5) is 4.79 Å². The SMILES string of the molecule is C[C@@]1(c2ccccc2Br)NC(=O)N(Cc2ccc(C#N)cc2)C1=O. The summed E-state index contributed by atoms with van der Waals surface area (Å²) < 4.78 is 0.765. The largest absolute Gasteiger partial charge is 0.325 e. The molecule has 2 aromatic carbocycles. The van der Waals surface area contributed by atoms with Crippen molar-refractivity contribution in [2.45, 2.75) is 19.0 Å². The summed E-state index contributed by atoms with van der Waals surface area (Å²) in [5, 5.41) is 11.6. The van der Waals surface area contributed by atoms with Crippen LogP contribution in [0.2, 0.25) is 0 Å². The molecule has 0 aliphatic carbocycles. The predicted molar refractivity (Wildman–Crippen MR) is 91.7 cm³/mol. The van der Waals surface area contributed by atoms with Crippen molar-refractivity contribution in [3.63, 3.8) is 0 Å². The topological polar surface area (TPSA) is 73.2 Å². The van der Waals surface area contributed by atoms with Crippen molar-refractivity contribution >= 4 is 27.9 Å². The standard InChI is InChI=1S/C18H14BrN3O2/c1-18(14-4-2-3-5-15(14)19)16(23)22(17(24)21-18)11-13-8-6-12(10-20)7-9-13/h2-9H,11H2,1H3,(H,21,24)/t18-/m0/s1. The van der Waals surface area contributed by atoms with Crippen molar-refractivity contribution in [3.05, 3.63) is 69.7 Å². The highest BCUT2D eigenvalue weighted by Gasteiger charge is 2.49. The zero-order valence-corrected chi connectivity index (χ0v) is 14.5. The summed E-state index contributed by atoms with van der Waals surface area (Å²) in [6.07, 6.45) is 0. The molecule has 3 amide bonds. The van der Waals surface area contributed by atoms with Gasteiger partial charge in [-0.3, -0.25) is 9.69 Å². The summed E-state index contributed by atoms with van der Waals surface area (Å²) in [7, 11) is 0. The minimum Gasteiger partial charge on any atom is -0.319 e. The number of imide groups is 1. The number of amides is 3. The van der Waals surface area contributed by atoms with E-state index in [-0.39, 0.29) is 12.5 Å². The van der Waals surface area contributed by atoms with E-state index in [1.807, 2.05) is 30.3 Å². The second-order valence-corrected chi connectivity index (χ2v) is 6.59. The molecule has 1 atom stereocenters. The minimum absolute atomic E-state index is 0.163. The van der Waals surface area contributed by atoms with Gasteiger partial charge < -0.3 is 5.32 Å². The zero-order valence-electron chi connectivity index (χ0n) is 12.9. The van der Waals surface area contributed by atoms with Crippen molar-refractivity contribution in [1.29, 1.82) is 5.26 Å². The molecule has 3 rings (SSSR count). The maximum Gasteiger partial charge on any atom is 0.325 e. The van der Waals surface area contributed by atoms with Gasteiger partial charge in [-0.2, -0.15) is 5.26 Å². The highest BCUT2D eigenvalue weighted by atomic mass is 79.9. The smallest absolute Gasteiger partial charge is 0.319 e. The molecule has 5 nitrogen and oxygen atoms in total. The first kappa shape index (κ1) is 16.2. The Balaban J connectivity index is 1.89. The molecule has 6 heteroatoms. The number of carbonyl (C=O) groups excluding carboxylic acids is 2. The van der Waals surface area contributed by atoms with Gasteiger partial charge >= 0.3 is 6.03 Å². The first-order valence-electron chi connectivity index (χ1n) is 7.34. The number of benzene rings is 2. The Kier molecular flexibility index (Phi) is 4.12. The molecule has 0 radical (unpaired) electrons. The van der Waals surface area contributed by atoms with Crippen LogP contribution in [0.25, 0.3) is 0 Å². The number of rotatable bonds is 3. The molecular weight excluding hydrogens is 370 g/mol. The zero-order chi connectivity index (χ0) is 17.3. The quantitative estimate of drug-likeness (QED) is 0.826. The number of hydrogen-bond donors (Lipinski definition) is 1. The van der Waals surface area contributed by atoms with Gasteiger partial charge in [0.15, 0.2) is 0 Å². The summed E-state index contributed by atoms with van der Waals surface area (Å²) in [5.74, 6) is -0.302. The van der Waals surface area contributed by atoms with Gasteiger partial charge in [0.1, 0.15) is 5.54 Å². The van der Waals surface area contributed by atoms with Crippen molar-refractivity contribution in [3.8, 4) is 6.07 Å². The van der Waals surface area contributed by atoms with Gasteiger partial charge in [0.05, 0.1) is 18.2 Å². The Morgan fingerprint density at radius 3 is 2.46 bits per heavy atom. The monoisotopic (exact) mass is 383 g/mol. The number of halogens is 1. The molecule has 0 bridgehead atoms. The first-order chi connectivity index (χ1) is 11.5. The highest BCUT2D eigenvalue weighted by molar-refractivity contribution is 9.10. The molecule has 1 aliphatic rings. The molecule has 1 heterocycles. The fraction of sp³-hybridized carbons (Fsp3) is 0.167. The van der Waals surface area contributed by atoms with Crippen molar-refractivity contribution < 1.29 is 9.59 Å². The fourth-order valence-electron chi connectivity index (χ4n) is 2.76. The van der Waals surface area contributed by atoms with E-state index in [2.05, 4.69) is 21.2 Å². The van der Waals surface area contributed by atoms with Crippen LogP contribution in [0.5, 0.6) is 0 Å². The van der Waals surface area contributed by atoms with E-state index in [0.29, 0.717) is 11.1 Å². The molecule has 0 aromatic heterocycles. The molecule has 1 aliphatic heterocycles. The molecule has 1 fully saturated rings. The van der Waals surface area contributed by atoms with E-state index in [4.69, 9.17) is 5.26 Å². The molecule has 120 valence electrons. The van der Waals surface area contributed by atoms with Crippen LogP contribution in [0.1, 0.15) is 23.6 Å². The van der Waals surface area contributed by atoms with Gasteiger partial charge in [-0.25, -0.2) is 4.79 Å². The van der Waals surface area contributed by atoms with Crippen LogP contribution in [0, 0.1) is 11.3 Å². The van der Waals surface area contributed by atoms with Gasteiger partial charge in [-0.15, -0.1) is 0 Å². The number of nitrogens with zero attached hydrogens (tertiary/aromatic N) is 2. The van der Waals surface area contributed by atoms with Crippen molar-refractivity contribution in [2.75, 3.05) is 0 Å². The summed E-state index contributed by atoms with van der Waals surface area (Å²) >= 11 is 3.44.